The minimum atomic E-state index is -0.658. The van der Waals surface area contributed by atoms with Gasteiger partial charge in [0, 0.05) is 5.56 Å². The van der Waals surface area contributed by atoms with E-state index in [1.807, 2.05) is 6.92 Å². The summed E-state index contributed by atoms with van der Waals surface area (Å²) in [6, 6.07) is 7.49. The molecule has 0 amide bonds. The van der Waals surface area contributed by atoms with Gasteiger partial charge >= 0.3 is 5.97 Å². The second-order valence-electron chi connectivity index (χ2n) is 5.97. The molecule has 1 aromatic heterocycles. The first-order valence-electron chi connectivity index (χ1n) is 8.69. The number of halogens is 2. The molecule has 2 aromatic carbocycles. The summed E-state index contributed by atoms with van der Waals surface area (Å²) in [5, 5.41) is 4.00. The van der Waals surface area contributed by atoms with E-state index < -0.39 is 5.97 Å². The Morgan fingerprint density at radius 2 is 2.07 bits per heavy atom. The van der Waals surface area contributed by atoms with Gasteiger partial charge in [-0.3, -0.25) is 0 Å². The van der Waals surface area contributed by atoms with Crippen LogP contribution in [0, 0.1) is 12.7 Å². The van der Waals surface area contributed by atoms with Gasteiger partial charge in [-0.25, -0.2) is 9.18 Å². The third kappa shape index (κ3) is 4.65. The maximum absolute atomic E-state index is 13.7. The van der Waals surface area contributed by atoms with Crippen molar-refractivity contribution in [3.05, 3.63) is 58.2 Å². The highest BCUT2D eigenvalue weighted by atomic mass is 35.5. The number of aromatic nitrogens is 2. The predicted octanol–water partition coefficient (Wildman–Crippen LogP) is 4.60. The Kier molecular flexibility index (Phi) is 6.33. The van der Waals surface area contributed by atoms with Crippen LogP contribution in [0.5, 0.6) is 11.5 Å². The summed E-state index contributed by atoms with van der Waals surface area (Å²) >= 11 is 6.16. The molecule has 0 radical (unpaired) electrons. The molecule has 29 heavy (non-hydrogen) atoms. The van der Waals surface area contributed by atoms with Crippen LogP contribution in [-0.4, -0.2) is 29.8 Å². The molecule has 3 rings (SSSR count). The summed E-state index contributed by atoms with van der Waals surface area (Å²) in [6.07, 6.45) is 0. The fraction of sp³-hybridized carbons (Fsp3) is 0.250. The highest BCUT2D eigenvalue weighted by molar-refractivity contribution is 6.32. The number of esters is 1. The van der Waals surface area contributed by atoms with Crippen molar-refractivity contribution < 1.29 is 27.9 Å². The first-order chi connectivity index (χ1) is 13.9. The average Bonchev–Trinajstić information content (AvgIpc) is 3.18. The van der Waals surface area contributed by atoms with E-state index in [0.29, 0.717) is 29.2 Å². The van der Waals surface area contributed by atoms with E-state index in [4.69, 9.17) is 30.3 Å². The maximum Gasteiger partial charge on any atom is 0.338 e. The summed E-state index contributed by atoms with van der Waals surface area (Å²) in [5.41, 5.74) is 1.14. The Morgan fingerprint density at radius 3 is 2.76 bits per heavy atom. The molecule has 152 valence electrons. The van der Waals surface area contributed by atoms with Crippen LogP contribution in [-0.2, 0) is 11.3 Å². The first-order valence-corrected chi connectivity index (χ1v) is 9.07. The maximum atomic E-state index is 13.7. The molecule has 0 aliphatic heterocycles. The Bertz CT molecular complexity index is 1040. The summed E-state index contributed by atoms with van der Waals surface area (Å²) in [7, 11) is 1.44. The van der Waals surface area contributed by atoms with Crippen LogP contribution in [0.1, 0.15) is 28.7 Å². The molecule has 0 atom stereocenters. The van der Waals surface area contributed by atoms with Gasteiger partial charge in [0.05, 0.1) is 24.3 Å². The lowest BCUT2D eigenvalue weighted by Gasteiger charge is -2.12. The summed E-state index contributed by atoms with van der Waals surface area (Å²) in [5.74, 6) is -0.108. The van der Waals surface area contributed by atoms with Crippen LogP contribution >= 0.6 is 11.6 Å². The number of carbonyl (C=O) groups is 1. The SMILES string of the molecule is CCOc1c(Cl)cc(C(=O)OCc2nc(-c3ccc(C)c(F)c3)no2)cc1OC. The highest BCUT2D eigenvalue weighted by Gasteiger charge is 2.18. The van der Waals surface area contributed by atoms with Crippen LogP contribution in [0.2, 0.25) is 5.02 Å². The van der Waals surface area contributed by atoms with Crippen LogP contribution in [0.4, 0.5) is 4.39 Å². The van der Waals surface area contributed by atoms with Gasteiger partial charge in [-0.05, 0) is 37.6 Å². The molecule has 9 heteroatoms. The quantitative estimate of drug-likeness (QED) is 0.516. The molecule has 0 aliphatic rings. The van der Waals surface area contributed by atoms with Crippen LogP contribution < -0.4 is 9.47 Å². The van der Waals surface area contributed by atoms with Crippen molar-refractivity contribution in [2.45, 2.75) is 20.5 Å². The Morgan fingerprint density at radius 1 is 1.28 bits per heavy atom. The third-order valence-electron chi connectivity index (χ3n) is 3.98. The molecule has 0 aliphatic carbocycles. The van der Waals surface area contributed by atoms with E-state index in [9.17, 15) is 9.18 Å². The number of methoxy groups -OCH3 is 1. The molecular formula is C20H18ClFN2O5. The number of hydrogen-bond donors (Lipinski definition) is 0. The minimum absolute atomic E-state index is 0.0679. The molecule has 7 nitrogen and oxygen atoms in total. The van der Waals surface area contributed by atoms with E-state index in [-0.39, 0.29) is 34.7 Å². The lowest BCUT2D eigenvalue weighted by molar-refractivity contribution is 0.0429. The fourth-order valence-corrected chi connectivity index (χ4v) is 2.76. The molecule has 0 bridgehead atoms. The molecule has 0 unspecified atom stereocenters. The van der Waals surface area contributed by atoms with Crippen molar-refractivity contribution in [2.24, 2.45) is 0 Å². The molecular weight excluding hydrogens is 403 g/mol. The van der Waals surface area contributed by atoms with Crippen molar-refractivity contribution in [3.63, 3.8) is 0 Å². The molecule has 0 fully saturated rings. The zero-order valence-corrected chi connectivity index (χ0v) is 16.7. The van der Waals surface area contributed by atoms with Crippen molar-refractivity contribution in [1.82, 2.24) is 10.1 Å². The van der Waals surface area contributed by atoms with E-state index in [0.717, 1.165) is 0 Å². The van der Waals surface area contributed by atoms with Gasteiger partial charge in [-0.15, -0.1) is 0 Å². The zero-order valence-electron chi connectivity index (χ0n) is 16.0. The predicted molar refractivity (Wildman–Crippen MR) is 103 cm³/mol. The normalized spacial score (nSPS) is 10.7. The van der Waals surface area contributed by atoms with E-state index in [2.05, 4.69) is 10.1 Å². The summed E-state index contributed by atoms with van der Waals surface area (Å²) in [6.45, 7) is 3.60. The van der Waals surface area contributed by atoms with Gasteiger partial charge in [-0.1, -0.05) is 28.9 Å². The Hall–Kier alpha value is -3.13. The number of nitrogens with zero attached hydrogens (tertiary/aromatic N) is 2. The van der Waals surface area contributed by atoms with Crippen LogP contribution in [0.15, 0.2) is 34.9 Å². The lowest BCUT2D eigenvalue weighted by Crippen LogP contribution is -2.07. The fourth-order valence-electron chi connectivity index (χ4n) is 2.50. The van der Waals surface area contributed by atoms with E-state index >= 15 is 0 Å². The molecule has 0 saturated carbocycles. The highest BCUT2D eigenvalue weighted by Crippen LogP contribution is 2.36. The topological polar surface area (TPSA) is 83.7 Å². The van der Waals surface area contributed by atoms with Gasteiger partial charge in [0.1, 0.15) is 5.82 Å². The largest absolute Gasteiger partial charge is 0.493 e. The van der Waals surface area contributed by atoms with Crippen molar-refractivity contribution >= 4 is 17.6 Å². The molecule has 0 N–H and O–H groups in total. The first kappa shape index (κ1) is 20.6. The van der Waals surface area contributed by atoms with Gasteiger partial charge in [0.2, 0.25) is 5.82 Å². The lowest BCUT2D eigenvalue weighted by atomic mass is 10.1. The number of rotatable bonds is 7. The van der Waals surface area contributed by atoms with Gasteiger partial charge < -0.3 is 18.7 Å². The standard InChI is InChI=1S/C20H18ClFN2O5/c1-4-27-18-14(21)7-13(9-16(18)26-3)20(25)28-10-17-23-19(24-29-17)12-6-5-11(2)15(22)8-12/h5-9H,4,10H2,1-3H3. The van der Waals surface area contributed by atoms with Gasteiger partial charge in [0.15, 0.2) is 18.1 Å². The molecule has 0 spiro atoms. The van der Waals surface area contributed by atoms with Crippen molar-refractivity contribution in [1.29, 1.82) is 0 Å². The van der Waals surface area contributed by atoms with Crippen LogP contribution in [0.3, 0.4) is 0 Å². The van der Waals surface area contributed by atoms with Crippen molar-refractivity contribution in [3.8, 4) is 22.9 Å². The van der Waals surface area contributed by atoms with Gasteiger partial charge in [-0.2, -0.15) is 4.98 Å². The second-order valence-corrected chi connectivity index (χ2v) is 6.38. The molecule has 3 aromatic rings. The average molecular weight is 421 g/mol. The number of aryl methyl sites for hydroxylation is 1. The number of hydrogen-bond acceptors (Lipinski definition) is 7. The third-order valence-corrected chi connectivity index (χ3v) is 4.26. The monoisotopic (exact) mass is 420 g/mol. The Labute approximate surface area is 171 Å². The summed E-state index contributed by atoms with van der Waals surface area (Å²) < 4.78 is 34.6. The molecule has 1 heterocycles. The number of carbonyl (C=O) groups excluding carboxylic acids is 1. The Balaban J connectivity index is 1.70. The number of benzene rings is 2. The minimum Gasteiger partial charge on any atom is -0.493 e. The smallest absolute Gasteiger partial charge is 0.338 e. The van der Waals surface area contributed by atoms with E-state index in [1.54, 1.807) is 19.1 Å². The zero-order chi connectivity index (χ0) is 21.0. The van der Waals surface area contributed by atoms with Crippen molar-refractivity contribution in [2.75, 3.05) is 13.7 Å². The number of ether oxygens (including phenoxy) is 3. The summed E-state index contributed by atoms with van der Waals surface area (Å²) in [4.78, 5) is 16.5. The van der Waals surface area contributed by atoms with Crippen LogP contribution in [0.25, 0.3) is 11.4 Å². The van der Waals surface area contributed by atoms with Gasteiger partial charge in [0.25, 0.3) is 5.89 Å². The molecule has 0 saturated heterocycles. The second kappa shape index (κ2) is 8.91. The van der Waals surface area contributed by atoms with E-state index in [1.165, 1.54) is 25.3 Å².